The first-order valence-corrected chi connectivity index (χ1v) is 7.77. The lowest BCUT2D eigenvalue weighted by atomic mass is 9.76. The second-order valence-corrected chi connectivity index (χ2v) is 7.59. The average Bonchev–Trinajstić information content (AvgIpc) is 2.77. The fourth-order valence-corrected chi connectivity index (χ4v) is 3.87. The zero-order valence-electron chi connectivity index (χ0n) is 13.2. The van der Waals surface area contributed by atoms with E-state index < -0.39 is 0 Å². The Kier molecular flexibility index (Phi) is 3.72. The molecule has 1 saturated heterocycles. The molecule has 0 aromatic rings. The number of piperidine rings is 1. The fourth-order valence-electron chi connectivity index (χ4n) is 3.87. The van der Waals surface area contributed by atoms with Crippen LogP contribution in [0.25, 0.3) is 0 Å². The van der Waals surface area contributed by atoms with Gasteiger partial charge in [-0.15, -0.1) is 0 Å². The molecule has 2 fully saturated rings. The summed E-state index contributed by atoms with van der Waals surface area (Å²) in [6.45, 7) is 14.2. The third-order valence-electron chi connectivity index (χ3n) is 6.51. The van der Waals surface area contributed by atoms with E-state index in [0.29, 0.717) is 16.7 Å². The van der Waals surface area contributed by atoms with Crippen LogP contribution in [-0.2, 0) is 4.79 Å². The summed E-state index contributed by atoms with van der Waals surface area (Å²) in [5, 5.41) is 6.60. The quantitative estimate of drug-likeness (QED) is 0.821. The number of carbonyl (C=O) groups excluding carboxylic acids is 1. The summed E-state index contributed by atoms with van der Waals surface area (Å²) >= 11 is 0. The van der Waals surface area contributed by atoms with Gasteiger partial charge in [0, 0.05) is 6.54 Å². The SMILES string of the molecule is CCC1(C(=O)NCC2C(C)(C)C2(C)C)CCNCC1. The maximum atomic E-state index is 12.6. The molecular weight excluding hydrogens is 236 g/mol. The lowest BCUT2D eigenvalue weighted by molar-refractivity contribution is -0.133. The van der Waals surface area contributed by atoms with Gasteiger partial charge in [0.25, 0.3) is 0 Å². The lowest BCUT2D eigenvalue weighted by Gasteiger charge is -2.35. The molecule has 3 nitrogen and oxygen atoms in total. The molecule has 110 valence electrons. The molecule has 0 unspecified atom stereocenters. The van der Waals surface area contributed by atoms with Gasteiger partial charge in [0.2, 0.25) is 5.91 Å². The first kappa shape index (κ1) is 14.8. The molecule has 1 aliphatic heterocycles. The van der Waals surface area contributed by atoms with Gasteiger partial charge in [-0.25, -0.2) is 0 Å². The number of hydrogen-bond donors (Lipinski definition) is 2. The van der Waals surface area contributed by atoms with E-state index in [1.165, 1.54) is 0 Å². The monoisotopic (exact) mass is 266 g/mol. The molecule has 0 atom stereocenters. The van der Waals surface area contributed by atoms with Crippen LogP contribution >= 0.6 is 0 Å². The maximum Gasteiger partial charge on any atom is 0.226 e. The Morgan fingerprint density at radius 3 is 2.11 bits per heavy atom. The van der Waals surface area contributed by atoms with Gasteiger partial charge in [0.15, 0.2) is 0 Å². The first-order chi connectivity index (χ1) is 8.78. The molecule has 0 aromatic carbocycles. The Morgan fingerprint density at radius 2 is 1.68 bits per heavy atom. The van der Waals surface area contributed by atoms with Gasteiger partial charge in [0.1, 0.15) is 0 Å². The predicted molar refractivity (Wildman–Crippen MR) is 78.9 cm³/mol. The van der Waals surface area contributed by atoms with Crippen LogP contribution in [-0.4, -0.2) is 25.5 Å². The van der Waals surface area contributed by atoms with Gasteiger partial charge in [-0.3, -0.25) is 4.79 Å². The highest BCUT2D eigenvalue weighted by Crippen LogP contribution is 2.67. The number of rotatable bonds is 4. The summed E-state index contributed by atoms with van der Waals surface area (Å²) < 4.78 is 0. The largest absolute Gasteiger partial charge is 0.355 e. The molecule has 3 heteroatoms. The molecule has 19 heavy (non-hydrogen) atoms. The molecule has 0 aromatic heterocycles. The van der Waals surface area contributed by atoms with E-state index in [2.05, 4.69) is 45.3 Å². The average molecular weight is 266 g/mol. The van der Waals surface area contributed by atoms with E-state index in [0.717, 1.165) is 38.9 Å². The normalized spacial score (nSPS) is 27.8. The van der Waals surface area contributed by atoms with Crippen molar-refractivity contribution >= 4 is 5.91 Å². The molecule has 1 heterocycles. The van der Waals surface area contributed by atoms with Crippen molar-refractivity contribution in [2.45, 2.75) is 53.9 Å². The molecule has 1 saturated carbocycles. The van der Waals surface area contributed by atoms with Gasteiger partial charge in [0.05, 0.1) is 5.41 Å². The zero-order valence-corrected chi connectivity index (χ0v) is 13.2. The molecule has 0 radical (unpaired) electrons. The Hall–Kier alpha value is -0.570. The van der Waals surface area contributed by atoms with E-state index in [1.807, 2.05) is 0 Å². The minimum Gasteiger partial charge on any atom is -0.355 e. The maximum absolute atomic E-state index is 12.6. The summed E-state index contributed by atoms with van der Waals surface area (Å²) in [6.07, 6.45) is 2.91. The molecular formula is C16H30N2O. The van der Waals surface area contributed by atoms with Gasteiger partial charge in [-0.05, 0) is 49.1 Å². The standard InChI is InChI=1S/C16H30N2O/c1-6-16(7-9-17-10-8-16)13(19)18-11-12-14(2,3)15(12,4)5/h12,17H,6-11H2,1-5H3,(H,18,19). The predicted octanol–water partition coefficient (Wildman–Crippen LogP) is 2.56. The van der Waals surface area contributed by atoms with Crippen molar-refractivity contribution in [1.29, 1.82) is 0 Å². The second kappa shape index (κ2) is 4.76. The van der Waals surface area contributed by atoms with Crippen LogP contribution in [0.4, 0.5) is 0 Å². The van der Waals surface area contributed by atoms with Gasteiger partial charge in [-0.1, -0.05) is 34.6 Å². The van der Waals surface area contributed by atoms with Crippen LogP contribution < -0.4 is 10.6 Å². The summed E-state index contributed by atoms with van der Waals surface area (Å²) in [5.74, 6) is 0.898. The van der Waals surface area contributed by atoms with Crippen molar-refractivity contribution in [3.8, 4) is 0 Å². The summed E-state index contributed by atoms with van der Waals surface area (Å²) in [6, 6.07) is 0. The Balaban J connectivity index is 1.91. The highest BCUT2D eigenvalue weighted by molar-refractivity contribution is 5.82. The second-order valence-electron chi connectivity index (χ2n) is 7.59. The van der Waals surface area contributed by atoms with Crippen LogP contribution in [0.5, 0.6) is 0 Å². The van der Waals surface area contributed by atoms with Gasteiger partial charge >= 0.3 is 0 Å². The number of amides is 1. The number of hydrogen-bond acceptors (Lipinski definition) is 2. The Bertz CT molecular complexity index is 340. The summed E-state index contributed by atoms with van der Waals surface area (Å²) in [4.78, 5) is 12.6. The number of nitrogens with one attached hydrogen (secondary N) is 2. The lowest BCUT2D eigenvalue weighted by Crippen LogP contribution is -2.47. The molecule has 1 amide bonds. The van der Waals surface area contributed by atoms with E-state index in [9.17, 15) is 4.79 Å². The van der Waals surface area contributed by atoms with Crippen molar-refractivity contribution in [3.05, 3.63) is 0 Å². The summed E-state index contributed by atoms with van der Waals surface area (Å²) in [7, 11) is 0. The van der Waals surface area contributed by atoms with Crippen molar-refractivity contribution in [2.75, 3.05) is 19.6 Å². The minimum absolute atomic E-state index is 0.117. The van der Waals surface area contributed by atoms with Crippen LogP contribution in [0.3, 0.4) is 0 Å². The van der Waals surface area contributed by atoms with Crippen molar-refractivity contribution < 1.29 is 4.79 Å². The van der Waals surface area contributed by atoms with Crippen molar-refractivity contribution in [3.63, 3.8) is 0 Å². The summed E-state index contributed by atoms with van der Waals surface area (Å²) in [5.41, 5.74) is 0.593. The third-order valence-corrected chi connectivity index (χ3v) is 6.51. The van der Waals surface area contributed by atoms with Crippen LogP contribution in [0.1, 0.15) is 53.9 Å². The first-order valence-electron chi connectivity index (χ1n) is 7.77. The zero-order chi connectivity index (χ0) is 14.3. The molecule has 2 rings (SSSR count). The van der Waals surface area contributed by atoms with E-state index in [-0.39, 0.29) is 11.3 Å². The van der Waals surface area contributed by atoms with E-state index in [4.69, 9.17) is 0 Å². The van der Waals surface area contributed by atoms with Crippen molar-refractivity contribution in [1.82, 2.24) is 10.6 Å². The third kappa shape index (κ3) is 2.31. The highest BCUT2D eigenvalue weighted by Gasteiger charge is 2.64. The van der Waals surface area contributed by atoms with Crippen LogP contribution in [0.2, 0.25) is 0 Å². The van der Waals surface area contributed by atoms with Crippen LogP contribution in [0.15, 0.2) is 0 Å². The highest BCUT2D eigenvalue weighted by atomic mass is 16.2. The van der Waals surface area contributed by atoms with Gasteiger partial charge in [-0.2, -0.15) is 0 Å². The molecule has 0 spiro atoms. The smallest absolute Gasteiger partial charge is 0.226 e. The fraction of sp³-hybridized carbons (Fsp3) is 0.938. The van der Waals surface area contributed by atoms with Crippen molar-refractivity contribution in [2.24, 2.45) is 22.2 Å². The van der Waals surface area contributed by atoms with Crippen LogP contribution in [0, 0.1) is 22.2 Å². The molecule has 0 bridgehead atoms. The van der Waals surface area contributed by atoms with E-state index in [1.54, 1.807) is 0 Å². The molecule has 2 N–H and O–H groups in total. The van der Waals surface area contributed by atoms with Gasteiger partial charge < -0.3 is 10.6 Å². The Morgan fingerprint density at radius 1 is 1.16 bits per heavy atom. The molecule has 2 aliphatic rings. The topological polar surface area (TPSA) is 41.1 Å². The molecule has 1 aliphatic carbocycles. The van der Waals surface area contributed by atoms with E-state index >= 15 is 0 Å². The minimum atomic E-state index is -0.117. The number of carbonyl (C=O) groups is 1. The Labute approximate surface area is 117 Å².